The molecule has 0 amide bonds. The second-order valence-electron chi connectivity index (χ2n) is 1.84. The summed E-state index contributed by atoms with van der Waals surface area (Å²) in [6, 6.07) is 8.64. The van der Waals surface area contributed by atoms with Crippen molar-refractivity contribution in [1.82, 2.24) is 0 Å². The van der Waals surface area contributed by atoms with Crippen LogP contribution in [0.1, 0.15) is 5.56 Å². The van der Waals surface area contributed by atoms with Crippen molar-refractivity contribution in [3.8, 4) is 0 Å². The summed E-state index contributed by atoms with van der Waals surface area (Å²) >= 11 is 1.36. The minimum absolute atomic E-state index is 0. The van der Waals surface area contributed by atoms with Gasteiger partial charge in [-0.25, -0.2) is 0 Å². The van der Waals surface area contributed by atoms with E-state index >= 15 is 0 Å². The molecule has 1 rings (SSSR count). The molecule has 56 valence electrons. The Bertz CT molecular complexity index is 150. The Morgan fingerprint density at radius 1 is 1.00 bits per heavy atom. The fourth-order valence-corrected chi connectivity index (χ4v) is 1.12. The molecule has 1 aromatic carbocycles. The van der Waals surface area contributed by atoms with E-state index in [0.29, 0.717) is 0 Å². The summed E-state index contributed by atoms with van der Waals surface area (Å²) in [5.41, 5.74) is 1.35. The predicted molar refractivity (Wildman–Crippen MR) is 43.8 cm³/mol. The van der Waals surface area contributed by atoms with Crippen molar-refractivity contribution in [3.63, 3.8) is 0 Å². The van der Waals surface area contributed by atoms with E-state index < -0.39 is 0 Å². The van der Waals surface area contributed by atoms with Gasteiger partial charge in [-0.3, -0.25) is 0 Å². The van der Waals surface area contributed by atoms with Gasteiger partial charge in [-0.05, 0) is 0 Å². The van der Waals surface area contributed by atoms with E-state index in [1.165, 1.54) is 33.6 Å². The number of aryl methyl sites for hydroxylation is 1. The molecule has 3 heteroatoms. The van der Waals surface area contributed by atoms with Gasteiger partial charge in [0.25, 0.3) is 0 Å². The molecule has 0 heterocycles. The van der Waals surface area contributed by atoms with Crippen molar-refractivity contribution in [2.75, 3.05) is 0 Å². The number of rotatable bonds is 0. The van der Waals surface area contributed by atoms with Gasteiger partial charge in [0, 0.05) is 0 Å². The first-order valence-corrected chi connectivity index (χ1v) is 4.28. The van der Waals surface area contributed by atoms with Gasteiger partial charge in [-0.15, -0.1) is 0 Å². The van der Waals surface area contributed by atoms with Crippen LogP contribution in [0.25, 0.3) is 0 Å². The quantitative estimate of drug-likeness (QED) is 0.554. The maximum Gasteiger partial charge on any atom is -0.412 e. The first-order chi connectivity index (χ1) is 3.79. The van der Waals surface area contributed by atoms with Crippen LogP contribution in [-0.2, 0) is 0 Å². The molecular weight excluding hydrogens is 325 g/mol. The van der Waals surface area contributed by atoms with Crippen LogP contribution in [0.15, 0.2) is 24.3 Å². The minimum Gasteiger partial charge on any atom is -0.412 e. The van der Waals surface area contributed by atoms with Gasteiger partial charge < -0.3 is 11.0 Å². The minimum atomic E-state index is 0. The van der Waals surface area contributed by atoms with Gasteiger partial charge in [0.15, 0.2) is 0 Å². The van der Waals surface area contributed by atoms with Crippen molar-refractivity contribution < 1.29 is 11.0 Å². The van der Waals surface area contributed by atoms with Crippen LogP contribution in [0.4, 0.5) is 0 Å². The van der Waals surface area contributed by atoms with Gasteiger partial charge in [0.1, 0.15) is 0 Å². The van der Waals surface area contributed by atoms with E-state index in [1.54, 1.807) is 0 Å². The summed E-state index contributed by atoms with van der Waals surface area (Å²) in [7, 11) is 0. The first kappa shape index (κ1) is 12.7. The SMILES string of the molecule is Cc1cc[c]([Bi])cc1.O.O. The van der Waals surface area contributed by atoms with Crippen LogP contribution in [0.3, 0.4) is 0 Å². The van der Waals surface area contributed by atoms with Crippen molar-refractivity contribution in [3.05, 3.63) is 29.8 Å². The Morgan fingerprint density at radius 2 is 1.40 bits per heavy atom. The van der Waals surface area contributed by atoms with Crippen LogP contribution >= 0.6 is 0 Å². The number of hydrogen-bond donors (Lipinski definition) is 0. The predicted octanol–water partition coefficient (Wildman–Crippen LogP) is -0.861. The average Bonchev–Trinajstić information content (AvgIpc) is 1.77. The van der Waals surface area contributed by atoms with E-state index in [2.05, 4.69) is 31.2 Å². The summed E-state index contributed by atoms with van der Waals surface area (Å²) in [6.07, 6.45) is 0. The Balaban J connectivity index is 0. The molecule has 0 aliphatic heterocycles. The van der Waals surface area contributed by atoms with Gasteiger partial charge in [-0.1, -0.05) is 0 Å². The largest absolute Gasteiger partial charge is 0.412 e. The summed E-state index contributed by atoms with van der Waals surface area (Å²) in [5, 5.41) is 0. The van der Waals surface area contributed by atoms with E-state index in [1.807, 2.05) is 0 Å². The molecule has 0 saturated carbocycles. The molecular formula is C7H11BiO2. The maximum absolute atomic E-state index is 2.17. The van der Waals surface area contributed by atoms with Crippen LogP contribution in [0.2, 0.25) is 0 Å². The molecule has 10 heavy (non-hydrogen) atoms. The van der Waals surface area contributed by atoms with Gasteiger partial charge in [-0.2, -0.15) is 0 Å². The van der Waals surface area contributed by atoms with E-state index in [9.17, 15) is 0 Å². The van der Waals surface area contributed by atoms with E-state index in [4.69, 9.17) is 0 Å². The van der Waals surface area contributed by atoms with Crippen molar-refractivity contribution in [1.29, 1.82) is 0 Å². The van der Waals surface area contributed by atoms with Crippen LogP contribution in [-0.4, -0.2) is 35.7 Å². The van der Waals surface area contributed by atoms with Gasteiger partial charge in [0.2, 0.25) is 0 Å². The first-order valence-electron chi connectivity index (χ1n) is 2.54. The van der Waals surface area contributed by atoms with Crippen molar-refractivity contribution in [2.45, 2.75) is 6.92 Å². The molecule has 0 bridgehead atoms. The zero-order valence-electron chi connectivity index (χ0n) is 5.76. The van der Waals surface area contributed by atoms with Gasteiger partial charge in [0.05, 0.1) is 0 Å². The third-order valence-electron chi connectivity index (χ3n) is 1.03. The Labute approximate surface area is 75.7 Å². The molecule has 1 aromatic rings. The zero-order valence-corrected chi connectivity index (χ0v) is 9.23. The smallest absolute Gasteiger partial charge is 0.412 e. The molecule has 2 radical (unpaired) electrons. The molecule has 0 fully saturated rings. The van der Waals surface area contributed by atoms with Crippen molar-refractivity contribution in [2.24, 2.45) is 0 Å². The molecule has 2 nitrogen and oxygen atoms in total. The molecule has 0 atom stereocenters. The maximum atomic E-state index is 2.17. The molecule has 0 aliphatic rings. The molecule has 0 spiro atoms. The Morgan fingerprint density at radius 3 is 1.70 bits per heavy atom. The summed E-state index contributed by atoms with van der Waals surface area (Å²) < 4.78 is 1.44. The van der Waals surface area contributed by atoms with Gasteiger partial charge >= 0.3 is 64.7 Å². The fourth-order valence-electron chi connectivity index (χ4n) is 0.545. The number of hydrogen-bond acceptors (Lipinski definition) is 0. The summed E-state index contributed by atoms with van der Waals surface area (Å²) in [4.78, 5) is 0. The summed E-state index contributed by atoms with van der Waals surface area (Å²) in [6.45, 7) is 2.11. The fraction of sp³-hybridized carbons (Fsp3) is 0.143. The molecule has 0 saturated heterocycles. The molecule has 0 unspecified atom stereocenters. The Kier molecular flexibility index (Phi) is 7.33. The number of benzene rings is 1. The Hall–Kier alpha value is 0.0231. The normalized spacial score (nSPS) is 7.40. The summed E-state index contributed by atoms with van der Waals surface area (Å²) in [5.74, 6) is 0. The van der Waals surface area contributed by atoms with Crippen LogP contribution < -0.4 is 3.27 Å². The third-order valence-corrected chi connectivity index (χ3v) is 2.19. The standard InChI is InChI=1S/C7H7.Bi.2H2O/c1-7-5-3-2-4-6-7;;;/h3-6H,1H3;;2*1H2. The molecule has 0 aliphatic carbocycles. The topological polar surface area (TPSA) is 63.0 Å². The molecule has 0 aromatic heterocycles. The average molecular weight is 336 g/mol. The molecule has 4 N–H and O–H groups in total. The second-order valence-corrected chi connectivity index (χ2v) is 3.84. The van der Waals surface area contributed by atoms with E-state index in [0.717, 1.165) is 0 Å². The monoisotopic (exact) mass is 336 g/mol. The van der Waals surface area contributed by atoms with Crippen LogP contribution in [0, 0.1) is 6.92 Å². The van der Waals surface area contributed by atoms with Crippen LogP contribution in [0.5, 0.6) is 0 Å². The third kappa shape index (κ3) is 3.94. The van der Waals surface area contributed by atoms with Crippen molar-refractivity contribution >= 4 is 28.0 Å². The zero-order chi connectivity index (χ0) is 5.98. The van der Waals surface area contributed by atoms with E-state index in [-0.39, 0.29) is 11.0 Å². The second kappa shape index (κ2) is 5.78.